The molecule has 50 heavy (non-hydrogen) atoms. The highest BCUT2D eigenvalue weighted by molar-refractivity contribution is 6.22. The normalized spacial score (nSPS) is 24.5. The summed E-state index contributed by atoms with van der Waals surface area (Å²) in [6.07, 6.45) is 7.07. The van der Waals surface area contributed by atoms with Crippen molar-refractivity contribution >= 4 is 43.1 Å². The van der Waals surface area contributed by atoms with Crippen molar-refractivity contribution in [3.8, 4) is 33.4 Å². The number of rotatable bonds is 2. The van der Waals surface area contributed by atoms with E-state index < -0.39 is 0 Å². The van der Waals surface area contributed by atoms with Crippen LogP contribution in [0.15, 0.2) is 146 Å². The van der Waals surface area contributed by atoms with Crippen LogP contribution in [-0.4, -0.2) is 0 Å². The Morgan fingerprint density at radius 1 is 0.360 bits per heavy atom. The van der Waals surface area contributed by atoms with Crippen molar-refractivity contribution < 1.29 is 0 Å². The third kappa shape index (κ3) is 3.57. The monoisotopic (exact) mass is 638 g/mol. The van der Waals surface area contributed by atoms with Crippen LogP contribution in [0.25, 0.3) is 76.5 Å². The van der Waals surface area contributed by atoms with Gasteiger partial charge in [-0.25, -0.2) is 0 Å². The van der Waals surface area contributed by atoms with Crippen molar-refractivity contribution in [1.29, 1.82) is 0 Å². The van der Waals surface area contributed by atoms with Gasteiger partial charge in [-0.3, -0.25) is 0 Å². The van der Waals surface area contributed by atoms with Gasteiger partial charge in [-0.15, -0.1) is 0 Å². The molecule has 1 spiro atoms. The van der Waals surface area contributed by atoms with Crippen molar-refractivity contribution in [3.63, 3.8) is 0 Å². The molecule has 0 unspecified atom stereocenters. The van der Waals surface area contributed by atoms with Crippen molar-refractivity contribution in [3.05, 3.63) is 157 Å². The van der Waals surface area contributed by atoms with E-state index in [0.29, 0.717) is 0 Å². The van der Waals surface area contributed by atoms with E-state index in [-0.39, 0.29) is 5.41 Å². The van der Waals surface area contributed by atoms with E-state index in [1.54, 1.807) is 11.1 Å². The van der Waals surface area contributed by atoms with Gasteiger partial charge < -0.3 is 0 Å². The highest BCUT2D eigenvalue weighted by Crippen LogP contribution is 2.70. The molecule has 0 heterocycles. The summed E-state index contributed by atoms with van der Waals surface area (Å²) in [6.45, 7) is 0. The molecule has 4 fully saturated rings. The minimum Gasteiger partial charge on any atom is -0.0616 e. The van der Waals surface area contributed by atoms with Crippen LogP contribution >= 0.6 is 0 Å². The Bertz CT molecular complexity index is 2640. The third-order valence-corrected chi connectivity index (χ3v) is 13.8. The average molecular weight is 639 g/mol. The lowest BCUT2D eigenvalue weighted by Gasteiger charge is -2.61. The maximum atomic E-state index is 2.69. The van der Waals surface area contributed by atoms with Crippen LogP contribution in [0.4, 0.5) is 0 Å². The smallest absolute Gasteiger partial charge is 0.0272 e. The maximum absolute atomic E-state index is 2.69. The standard InChI is InChI=1S/C50H38/c1-2-10-33-26-36(18-17-32(33)9-1)48-41-13-5-7-15-43(41)49(44-16-8-6-14-42(44)48)37-19-20-40-45-27-34-11-3-4-12-35(34)28-47(45)50(46(40)29-37)38-22-30-21-31(24-38)25-39(50)23-30/h1-20,26-31,38-39H,21-25H2. The third-order valence-electron chi connectivity index (χ3n) is 13.8. The highest BCUT2D eigenvalue weighted by Gasteiger charge is 2.61. The van der Waals surface area contributed by atoms with Gasteiger partial charge in [0.15, 0.2) is 0 Å². The van der Waals surface area contributed by atoms with E-state index in [1.165, 1.54) is 109 Å². The predicted octanol–water partition coefficient (Wildman–Crippen LogP) is 13.4. The fraction of sp³-hybridized carbons (Fsp3) is 0.200. The molecule has 0 amide bonds. The van der Waals surface area contributed by atoms with E-state index in [4.69, 9.17) is 0 Å². The van der Waals surface area contributed by atoms with Gasteiger partial charge in [0.2, 0.25) is 0 Å². The van der Waals surface area contributed by atoms with Gasteiger partial charge in [-0.1, -0.05) is 121 Å². The molecule has 0 aromatic heterocycles. The first-order chi connectivity index (χ1) is 24.7. The SMILES string of the molecule is c1ccc2cc(-c3c4ccccc4c(-c4ccc5c(c4)C4(c6cc7ccccc7cc6-5)C5CC6CC(C5)CC4C6)c4ccccc34)ccc2c1. The summed E-state index contributed by atoms with van der Waals surface area (Å²) in [5, 5.41) is 10.7. The van der Waals surface area contributed by atoms with Crippen LogP contribution in [0.5, 0.6) is 0 Å². The van der Waals surface area contributed by atoms with E-state index in [2.05, 4.69) is 146 Å². The second-order valence-corrected chi connectivity index (χ2v) is 16.1. The summed E-state index contributed by atoms with van der Waals surface area (Å²) >= 11 is 0. The maximum Gasteiger partial charge on any atom is 0.0272 e. The summed E-state index contributed by atoms with van der Waals surface area (Å²) < 4.78 is 0. The van der Waals surface area contributed by atoms with Gasteiger partial charge in [0, 0.05) is 5.41 Å². The van der Waals surface area contributed by atoms with Gasteiger partial charge in [0.05, 0.1) is 0 Å². The van der Waals surface area contributed by atoms with Gasteiger partial charge >= 0.3 is 0 Å². The Morgan fingerprint density at radius 3 is 1.42 bits per heavy atom. The summed E-state index contributed by atoms with van der Waals surface area (Å²) in [6, 6.07) is 55.9. The van der Waals surface area contributed by atoms with Gasteiger partial charge in [0.25, 0.3) is 0 Å². The zero-order chi connectivity index (χ0) is 32.6. The predicted molar refractivity (Wildman–Crippen MR) is 211 cm³/mol. The summed E-state index contributed by atoms with van der Waals surface area (Å²) in [7, 11) is 0. The highest BCUT2D eigenvalue weighted by atomic mass is 14.6. The molecule has 0 aliphatic heterocycles. The lowest BCUT2D eigenvalue weighted by atomic mass is 9.43. The summed E-state index contributed by atoms with van der Waals surface area (Å²) in [5.74, 6) is 3.32. The summed E-state index contributed by atoms with van der Waals surface area (Å²) in [4.78, 5) is 0. The molecule has 0 atom stereocenters. The van der Waals surface area contributed by atoms with E-state index in [1.807, 2.05) is 0 Å². The lowest BCUT2D eigenvalue weighted by Crippen LogP contribution is -2.55. The van der Waals surface area contributed by atoms with Crippen LogP contribution in [0.3, 0.4) is 0 Å². The van der Waals surface area contributed by atoms with Gasteiger partial charge in [-0.2, -0.15) is 0 Å². The molecule has 0 nitrogen and oxygen atoms in total. The molecule has 0 saturated heterocycles. The molecule has 5 aliphatic carbocycles. The van der Waals surface area contributed by atoms with Gasteiger partial charge in [-0.05, 0) is 168 Å². The van der Waals surface area contributed by atoms with Crippen LogP contribution in [-0.2, 0) is 5.41 Å². The lowest BCUT2D eigenvalue weighted by molar-refractivity contribution is -0.0398. The Morgan fingerprint density at radius 2 is 0.820 bits per heavy atom. The minimum atomic E-state index is 0.120. The molecule has 4 saturated carbocycles. The minimum absolute atomic E-state index is 0.120. The van der Waals surface area contributed by atoms with Crippen LogP contribution in [0.2, 0.25) is 0 Å². The molecular formula is C50H38. The second-order valence-electron chi connectivity index (χ2n) is 16.1. The number of hydrogen-bond acceptors (Lipinski definition) is 0. The van der Waals surface area contributed by atoms with Crippen molar-refractivity contribution in [2.24, 2.45) is 23.7 Å². The van der Waals surface area contributed by atoms with Crippen LogP contribution < -0.4 is 0 Å². The van der Waals surface area contributed by atoms with Crippen LogP contribution in [0.1, 0.15) is 43.2 Å². The first kappa shape index (κ1) is 27.6. The first-order valence-corrected chi connectivity index (χ1v) is 18.9. The zero-order valence-electron chi connectivity index (χ0n) is 28.2. The number of hydrogen-bond donors (Lipinski definition) is 0. The molecule has 0 heteroatoms. The fourth-order valence-electron chi connectivity index (χ4n) is 12.1. The molecule has 238 valence electrons. The van der Waals surface area contributed by atoms with E-state index in [9.17, 15) is 0 Å². The van der Waals surface area contributed by atoms with Crippen molar-refractivity contribution in [1.82, 2.24) is 0 Å². The molecule has 0 radical (unpaired) electrons. The second kappa shape index (κ2) is 9.95. The van der Waals surface area contributed by atoms with Gasteiger partial charge in [0.1, 0.15) is 0 Å². The quantitative estimate of drug-likeness (QED) is 0.165. The zero-order valence-corrected chi connectivity index (χ0v) is 28.2. The molecule has 13 rings (SSSR count). The number of benzene rings is 8. The Hall–Kier alpha value is -5.20. The first-order valence-electron chi connectivity index (χ1n) is 18.9. The molecule has 0 N–H and O–H groups in total. The molecular weight excluding hydrogens is 601 g/mol. The molecule has 4 bridgehead atoms. The van der Waals surface area contributed by atoms with E-state index >= 15 is 0 Å². The van der Waals surface area contributed by atoms with Crippen molar-refractivity contribution in [2.75, 3.05) is 0 Å². The average Bonchev–Trinajstić information content (AvgIpc) is 3.43. The van der Waals surface area contributed by atoms with Crippen molar-refractivity contribution in [2.45, 2.75) is 37.5 Å². The molecule has 5 aliphatic rings. The number of fused-ring (bicyclic) bond motifs is 7. The van der Waals surface area contributed by atoms with E-state index in [0.717, 1.165) is 23.7 Å². The Kier molecular flexibility index (Phi) is 5.49. The summed E-state index contributed by atoms with van der Waals surface area (Å²) in [5.41, 5.74) is 11.7. The Balaban J connectivity index is 1.14. The Labute approximate surface area is 293 Å². The fourth-order valence-corrected chi connectivity index (χ4v) is 12.1. The molecule has 8 aromatic rings. The topological polar surface area (TPSA) is 0 Å². The molecule has 8 aromatic carbocycles. The van der Waals surface area contributed by atoms with Crippen LogP contribution in [0, 0.1) is 23.7 Å². The largest absolute Gasteiger partial charge is 0.0616 e.